The molecule has 0 saturated carbocycles. The van der Waals surface area contributed by atoms with Crippen molar-refractivity contribution in [1.29, 1.82) is 0 Å². The van der Waals surface area contributed by atoms with Crippen LogP contribution in [-0.4, -0.2) is 39.4 Å². The second kappa shape index (κ2) is 6.59. The highest BCUT2D eigenvalue weighted by Gasteiger charge is 2.47. The van der Waals surface area contributed by atoms with E-state index in [2.05, 4.69) is 15.5 Å². The van der Waals surface area contributed by atoms with Gasteiger partial charge in [-0.2, -0.15) is 5.10 Å². The fourth-order valence-corrected chi connectivity index (χ4v) is 3.52. The van der Waals surface area contributed by atoms with Crippen LogP contribution >= 0.6 is 0 Å². The SMILES string of the molecule is O=C(CN1C(=O)[C@@H]2CC=CC[C@H]2C1=O)Nc1ccc(-c2ccn[nH]2)cc1. The number of aromatic nitrogens is 2. The Hall–Kier alpha value is -3.22. The minimum atomic E-state index is -0.382. The molecule has 132 valence electrons. The van der Waals surface area contributed by atoms with Gasteiger partial charge in [0, 0.05) is 11.9 Å². The lowest BCUT2D eigenvalue weighted by atomic mass is 9.85. The summed E-state index contributed by atoms with van der Waals surface area (Å²) in [5.74, 6) is -1.49. The van der Waals surface area contributed by atoms with E-state index in [9.17, 15) is 14.4 Å². The number of carbonyl (C=O) groups excluding carboxylic acids is 3. The molecule has 0 spiro atoms. The van der Waals surface area contributed by atoms with Crippen LogP contribution in [-0.2, 0) is 14.4 Å². The molecule has 2 heterocycles. The number of imide groups is 1. The number of benzene rings is 1. The number of rotatable bonds is 4. The molecule has 3 amide bonds. The zero-order valence-corrected chi connectivity index (χ0v) is 14.0. The van der Waals surface area contributed by atoms with Crippen molar-refractivity contribution in [3.8, 4) is 11.3 Å². The van der Waals surface area contributed by atoms with Gasteiger partial charge in [0.2, 0.25) is 17.7 Å². The van der Waals surface area contributed by atoms with Crippen LogP contribution in [0.15, 0.2) is 48.7 Å². The third kappa shape index (κ3) is 2.92. The Kier molecular flexibility index (Phi) is 4.12. The summed E-state index contributed by atoms with van der Waals surface area (Å²) in [6, 6.07) is 9.11. The van der Waals surface area contributed by atoms with Crippen LogP contribution in [0.3, 0.4) is 0 Å². The molecule has 2 aromatic rings. The van der Waals surface area contributed by atoms with Crippen molar-refractivity contribution in [1.82, 2.24) is 15.1 Å². The van der Waals surface area contributed by atoms with E-state index in [0.717, 1.165) is 16.2 Å². The number of hydrogen-bond acceptors (Lipinski definition) is 4. The van der Waals surface area contributed by atoms with Crippen molar-refractivity contribution in [3.63, 3.8) is 0 Å². The minimum absolute atomic E-state index is 0.242. The van der Waals surface area contributed by atoms with Crippen LogP contribution in [0.1, 0.15) is 12.8 Å². The number of carbonyl (C=O) groups is 3. The lowest BCUT2D eigenvalue weighted by molar-refractivity contribution is -0.142. The molecule has 2 aliphatic rings. The lowest BCUT2D eigenvalue weighted by Gasteiger charge is -2.14. The Bertz CT molecular complexity index is 845. The second-order valence-corrected chi connectivity index (χ2v) is 6.51. The largest absolute Gasteiger partial charge is 0.325 e. The average molecular weight is 350 g/mol. The number of fused-ring (bicyclic) bond motifs is 1. The third-order valence-corrected chi connectivity index (χ3v) is 4.88. The highest BCUT2D eigenvalue weighted by atomic mass is 16.2. The van der Waals surface area contributed by atoms with Crippen molar-refractivity contribution in [2.45, 2.75) is 12.8 Å². The number of likely N-dealkylation sites (tertiary alicyclic amines) is 1. The number of H-pyrrole nitrogens is 1. The van der Waals surface area contributed by atoms with Gasteiger partial charge in [-0.3, -0.25) is 24.4 Å². The second-order valence-electron chi connectivity index (χ2n) is 6.51. The maximum atomic E-state index is 12.4. The summed E-state index contributed by atoms with van der Waals surface area (Å²) in [5.41, 5.74) is 2.44. The first kappa shape index (κ1) is 16.3. The van der Waals surface area contributed by atoms with Crippen molar-refractivity contribution in [2.24, 2.45) is 11.8 Å². The Morgan fingerprint density at radius 3 is 2.31 bits per heavy atom. The normalized spacial score (nSPS) is 21.8. The van der Waals surface area contributed by atoms with E-state index in [-0.39, 0.29) is 36.1 Å². The summed E-state index contributed by atoms with van der Waals surface area (Å²) in [5, 5.41) is 9.51. The van der Waals surface area contributed by atoms with E-state index < -0.39 is 0 Å². The molecule has 1 aliphatic carbocycles. The van der Waals surface area contributed by atoms with Gasteiger partial charge < -0.3 is 5.32 Å². The van der Waals surface area contributed by atoms with Gasteiger partial charge in [-0.05, 0) is 36.6 Å². The van der Waals surface area contributed by atoms with Crippen LogP contribution < -0.4 is 5.32 Å². The summed E-state index contributed by atoms with van der Waals surface area (Å²) >= 11 is 0. The number of anilines is 1. The monoisotopic (exact) mass is 350 g/mol. The van der Waals surface area contributed by atoms with Crippen LogP contribution in [0.2, 0.25) is 0 Å². The van der Waals surface area contributed by atoms with E-state index in [0.29, 0.717) is 18.5 Å². The highest BCUT2D eigenvalue weighted by Crippen LogP contribution is 2.34. The van der Waals surface area contributed by atoms with E-state index in [4.69, 9.17) is 0 Å². The summed E-state index contributed by atoms with van der Waals surface area (Å²) in [7, 11) is 0. The van der Waals surface area contributed by atoms with Gasteiger partial charge in [0.1, 0.15) is 6.54 Å². The molecule has 2 atom stereocenters. The standard InChI is InChI=1S/C19H18N4O3/c24-17(11-23-18(25)14-3-1-2-4-15(14)19(23)26)21-13-7-5-12(6-8-13)16-9-10-20-22-16/h1-2,5-10,14-15H,3-4,11H2,(H,20,22)(H,21,24)/t14-,15-/m1/s1. The number of allylic oxidation sites excluding steroid dienone is 2. The van der Waals surface area contributed by atoms with Crippen LogP contribution in [0.4, 0.5) is 5.69 Å². The molecule has 1 aromatic carbocycles. The van der Waals surface area contributed by atoms with Gasteiger partial charge in [0.15, 0.2) is 0 Å². The molecule has 1 fully saturated rings. The maximum absolute atomic E-state index is 12.4. The van der Waals surface area contributed by atoms with E-state index in [1.165, 1.54) is 0 Å². The molecule has 2 N–H and O–H groups in total. The Morgan fingerprint density at radius 2 is 1.73 bits per heavy atom. The lowest BCUT2D eigenvalue weighted by Crippen LogP contribution is -2.38. The van der Waals surface area contributed by atoms with Gasteiger partial charge in [-0.25, -0.2) is 0 Å². The van der Waals surface area contributed by atoms with Crippen LogP contribution in [0.25, 0.3) is 11.3 Å². The minimum Gasteiger partial charge on any atom is -0.325 e. The van der Waals surface area contributed by atoms with E-state index >= 15 is 0 Å². The van der Waals surface area contributed by atoms with Crippen molar-refractivity contribution in [2.75, 3.05) is 11.9 Å². The van der Waals surface area contributed by atoms with Gasteiger partial charge in [-0.1, -0.05) is 24.3 Å². The molecule has 7 heteroatoms. The molecule has 26 heavy (non-hydrogen) atoms. The highest BCUT2D eigenvalue weighted by molar-refractivity contribution is 6.08. The average Bonchev–Trinajstić information content (AvgIpc) is 3.27. The fourth-order valence-electron chi connectivity index (χ4n) is 3.52. The quantitative estimate of drug-likeness (QED) is 0.651. The molecule has 0 radical (unpaired) electrons. The summed E-state index contributed by atoms with van der Waals surface area (Å²) in [4.78, 5) is 38.2. The van der Waals surface area contributed by atoms with E-state index in [1.807, 2.05) is 30.4 Å². The Balaban J connectivity index is 1.40. The van der Waals surface area contributed by atoms with Gasteiger partial charge in [0.05, 0.1) is 17.5 Å². The van der Waals surface area contributed by atoms with Gasteiger partial charge in [0.25, 0.3) is 0 Å². The van der Waals surface area contributed by atoms with Gasteiger partial charge >= 0.3 is 0 Å². The number of aromatic amines is 1. The zero-order chi connectivity index (χ0) is 18.1. The van der Waals surface area contributed by atoms with Crippen molar-refractivity contribution < 1.29 is 14.4 Å². The predicted molar refractivity (Wildman–Crippen MR) is 94.7 cm³/mol. The predicted octanol–water partition coefficient (Wildman–Crippen LogP) is 1.97. The molecular formula is C19H18N4O3. The summed E-state index contributed by atoms with van der Waals surface area (Å²) in [6.45, 7) is -0.243. The van der Waals surface area contributed by atoms with Crippen LogP contribution in [0, 0.1) is 11.8 Å². The smallest absolute Gasteiger partial charge is 0.244 e. The third-order valence-electron chi connectivity index (χ3n) is 4.88. The topological polar surface area (TPSA) is 95.2 Å². The molecule has 0 bridgehead atoms. The number of amides is 3. The van der Waals surface area contributed by atoms with Gasteiger partial charge in [-0.15, -0.1) is 0 Å². The first-order chi connectivity index (χ1) is 12.6. The number of nitrogens with zero attached hydrogens (tertiary/aromatic N) is 2. The van der Waals surface area contributed by atoms with Crippen molar-refractivity contribution in [3.05, 3.63) is 48.7 Å². The van der Waals surface area contributed by atoms with Crippen molar-refractivity contribution >= 4 is 23.4 Å². The molecule has 1 aliphatic heterocycles. The first-order valence-electron chi connectivity index (χ1n) is 8.53. The molecular weight excluding hydrogens is 332 g/mol. The molecule has 0 unspecified atom stereocenters. The fraction of sp³-hybridized carbons (Fsp3) is 0.263. The summed E-state index contributed by atoms with van der Waals surface area (Å²) < 4.78 is 0. The van der Waals surface area contributed by atoms with E-state index in [1.54, 1.807) is 18.3 Å². The molecule has 4 rings (SSSR count). The number of nitrogens with one attached hydrogen (secondary N) is 2. The molecule has 7 nitrogen and oxygen atoms in total. The first-order valence-corrected chi connectivity index (χ1v) is 8.53. The molecule has 1 saturated heterocycles. The molecule has 1 aromatic heterocycles. The summed E-state index contributed by atoms with van der Waals surface area (Å²) in [6.07, 6.45) is 6.67. The maximum Gasteiger partial charge on any atom is 0.244 e. The Morgan fingerprint density at radius 1 is 1.08 bits per heavy atom. The zero-order valence-electron chi connectivity index (χ0n) is 14.0. The Labute approximate surface area is 150 Å². The number of hydrogen-bond donors (Lipinski definition) is 2. The van der Waals surface area contributed by atoms with Crippen LogP contribution in [0.5, 0.6) is 0 Å².